The van der Waals surface area contributed by atoms with Gasteiger partial charge in [0, 0.05) is 28.4 Å². The van der Waals surface area contributed by atoms with Crippen LogP contribution in [0.3, 0.4) is 0 Å². The molecule has 1 aromatic heterocycles. The molecule has 0 aliphatic rings. The maximum Gasteiger partial charge on any atom is 0.418 e. The third-order valence-corrected chi connectivity index (χ3v) is 5.12. The number of anilines is 1. The van der Waals surface area contributed by atoms with Gasteiger partial charge in [0.15, 0.2) is 5.60 Å². The van der Waals surface area contributed by atoms with Crippen molar-refractivity contribution in [2.45, 2.75) is 37.5 Å². The molecule has 2 aromatic carbocycles. The Morgan fingerprint density at radius 3 is 2.48 bits per heavy atom. The largest absolute Gasteiger partial charge is 0.508 e. The summed E-state index contributed by atoms with van der Waals surface area (Å²) in [6.45, 7) is 2.04. The number of aromatic amines is 1. The second-order valence-corrected chi connectivity index (χ2v) is 7.85. The average molecular weight is 410 g/mol. The zero-order valence-corrected chi connectivity index (χ0v) is 15.9. The van der Waals surface area contributed by atoms with Gasteiger partial charge in [0.2, 0.25) is 0 Å². The van der Waals surface area contributed by atoms with Crippen LogP contribution in [0.1, 0.15) is 25.8 Å². The topological polar surface area (TPSA) is 68.3 Å². The van der Waals surface area contributed by atoms with E-state index in [4.69, 9.17) is 0 Å². The quantitative estimate of drug-likeness (QED) is 0.428. The molecule has 0 bridgehead atoms. The van der Waals surface area contributed by atoms with Crippen molar-refractivity contribution >= 4 is 16.6 Å². The molecule has 0 aliphatic heterocycles. The number of H-pyrrole nitrogens is 1. The highest BCUT2D eigenvalue weighted by Crippen LogP contribution is 2.43. The van der Waals surface area contributed by atoms with Crippen molar-refractivity contribution in [3.63, 3.8) is 0 Å². The minimum absolute atomic E-state index is 0.00656. The van der Waals surface area contributed by atoms with Crippen LogP contribution in [0.5, 0.6) is 5.75 Å². The van der Waals surface area contributed by atoms with E-state index < -0.39 is 36.0 Å². The Kier molecular flexibility index (Phi) is 5.25. The van der Waals surface area contributed by atoms with Crippen LogP contribution in [0.2, 0.25) is 0 Å². The molecule has 0 saturated heterocycles. The lowest BCUT2D eigenvalue weighted by atomic mass is 9.74. The van der Waals surface area contributed by atoms with E-state index in [0.717, 1.165) is 23.7 Å². The molecule has 4 N–H and O–H groups in total. The van der Waals surface area contributed by atoms with Crippen LogP contribution in [0.25, 0.3) is 10.9 Å². The van der Waals surface area contributed by atoms with Crippen LogP contribution in [-0.2, 0) is 5.41 Å². The molecule has 0 aliphatic carbocycles. The van der Waals surface area contributed by atoms with Gasteiger partial charge in [-0.05, 0) is 48.2 Å². The van der Waals surface area contributed by atoms with Crippen molar-refractivity contribution in [3.05, 3.63) is 60.0 Å². The molecular weight excluding hydrogens is 388 g/mol. The molecule has 1 heterocycles. The second-order valence-electron chi connectivity index (χ2n) is 7.85. The Balaban J connectivity index is 1.90. The van der Waals surface area contributed by atoms with Crippen molar-refractivity contribution < 1.29 is 27.8 Å². The number of rotatable bonds is 6. The van der Waals surface area contributed by atoms with Crippen molar-refractivity contribution in [2.75, 3.05) is 11.9 Å². The van der Waals surface area contributed by atoms with E-state index in [1.165, 1.54) is 13.8 Å². The lowest BCUT2D eigenvalue weighted by Crippen LogP contribution is -2.53. The van der Waals surface area contributed by atoms with Crippen LogP contribution in [0.4, 0.5) is 23.2 Å². The maximum atomic E-state index is 13.9. The van der Waals surface area contributed by atoms with Gasteiger partial charge in [0.05, 0.1) is 6.54 Å². The zero-order chi connectivity index (χ0) is 21.4. The number of hydrogen-bond donors (Lipinski definition) is 4. The first-order valence-corrected chi connectivity index (χ1v) is 9.01. The summed E-state index contributed by atoms with van der Waals surface area (Å²) in [4.78, 5) is 2.97. The number of benzene rings is 2. The summed E-state index contributed by atoms with van der Waals surface area (Å²) in [5.74, 6) is -1.01. The van der Waals surface area contributed by atoms with E-state index in [-0.39, 0.29) is 11.3 Å². The van der Waals surface area contributed by atoms with Crippen LogP contribution in [-0.4, -0.2) is 33.5 Å². The van der Waals surface area contributed by atoms with E-state index >= 15 is 0 Å². The number of halogens is 4. The van der Waals surface area contributed by atoms with Crippen LogP contribution >= 0.6 is 0 Å². The molecule has 0 fully saturated rings. The van der Waals surface area contributed by atoms with Crippen LogP contribution in [0, 0.1) is 5.82 Å². The average Bonchev–Trinajstić information content (AvgIpc) is 3.10. The van der Waals surface area contributed by atoms with Gasteiger partial charge in [-0.1, -0.05) is 19.9 Å². The highest BCUT2D eigenvalue weighted by Gasteiger charge is 2.56. The first-order valence-electron chi connectivity index (χ1n) is 9.01. The number of hydrogen-bond acceptors (Lipinski definition) is 3. The Bertz CT molecular complexity index is 1010. The maximum absolute atomic E-state index is 13.9. The Morgan fingerprint density at radius 2 is 1.79 bits per heavy atom. The summed E-state index contributed by atoms with van der Waals surface area (Å²) in [6.07, 6.45) is -4.06. The lowest BCUT2D eigenvalue weighted by molar-refractivity contribution is -0.260. The number of aliphatic hydroxyl groups is 1. The van der Waals surface area contributed by atoms with E-state index in [0.29, 0.717) is 11.1 Å². The molecule has 8 heteroatoms. The molecule has 1 atom stereocenters. The molecule has 156 valence electrons. The standard InChI is InChI=1S/C21H22F4N2O2/c1-19(2,15-10-13(22)6-7-18(15)28)11-20(29,21(23,24)25)12-27-17-5-3-4-16-14(17)8-9-26-16/h3-10,26-29H,11-12H2,1-2H3. The third-order valence-electron chi connectivity index (χ3n) is 5.12. The molecule has 0 radical (unpaired) electrons. The Hall–Kier alpha value is -2.74. The van der Waals surface area contributed by atoms with Crippen LogP contribution < -0.4 is 5.32 Å². The molecule has 0 amide bonds. The second kappa shape index (κ2) is 7.26. The molecular formula is C21H22F4N2O2. The monoisotopic (exact) mass is 410 g/mol. The number of nitrogens with one attached hydrogen (secondary N) is 2. The first kappa shape index (κ1) is 21.0. The number of fused-ring (bicyclic) bond motifs is 1. The molecule has 29 heavy (non-hydrogen) atoms. The fraction of sp³-hybridized carbons (Fsp3) is 0.333. The van der Waals surface area contributed by atoms with Gasteiger partial charge in [-0.25, -0.2) is 4.39 Å². The molecule has 3 aromatic rings. The fourth-order valence-corrected chi connectivity index (χ4v) is 3.62. The van der Waals surface area contributed by atoms with Gasteiger partial charge < -0.3 is 20.5 Å². The summed E-state index contributed by atoms with van der Waals surface area (Å²) in [6, 6.07) is 9.90. The number of aromatic hydroxyl groups is 1. The summed E-state index contributed by atoms with van der Waals surface area (Å²) < 4.78 is 55.2. The number of phenols is 1. The van der Waals surface area contributed by atoms with Crippen molar-refractivity contribution in [1.82, 2.24) is 4.98 Å². The van der Waals surface area contributed by atoms with Crippen molar-refractivity contribution in [3.8, 4) is 5.75 Å². The minimum Gasteiger partial charge on any atom is -0.508 e. The van der Waals surface area contributed by atoms with Gasteiger partial charge in [0.25, 0.3) is 0 Å². The summed E-state index contributed by atoms with van der Waals surface area (Å²) >= 11 is 0. The predicted molar refractivity (Wildman–Crippen MR) is 104 cm³/mol. The summed E-state index contributed by atoms with van der Waals surface area (Å²) in [5.41, 5.74) is -3.30. The number of alkyl halides is 3. The van der Waals surface area contributed by atoms with Gasteiger partial charge in [-0.3, -0.25) is 0 Å². The SMILES string of the molecule is CC(C)(CC(O)(CNc1cccc2[nH]ccc12)C(F)(F)F)c1cc(F)ccc1O. The van der Waals surface area contributed by atoms with Crippen molar-refractivity contribution in [2.24, 2.45) is 0 Å². The number of phenolic OH excluding ortho intramolecular Hbond substituents is 1. The highest BCUT2D eigenvalue weighted by molar-refractivity contribution is 5.91. The summed E-state index contributed by atoms with van der Waals surface area (Å²) in [7, 11) is 0. The summed E-state index contributed by atoms with van der Waals surface area (Å²) in [5, 5.41) is 24.0. The van der Waals surface area contributed by atoms with E-state index in [1.54, 1.807) is 30.5 Å². The van der Waals surface area contributed by atoms with Gasteiger partial charge >= 0.3 is 6.18 Å². The lowest BCUT2D eigenvalue weighted by Gasteiger charge is -2.38. The third kappa shape index (κ3) is 4.17. The Labute approximate surface area is 165 Å². The normalized spacial score (nSPS) is 14.7. The van der Waals surface area contributed by atoms with Crippen LogP contribution in [0.15, 0.2) is 48.7 Å². The molecule has 0 spiro atoms. The van der Waals surface area contributed by atoms with Gasteiger partial charge in [-0.2, -0.15) is 13.2 Å². The van der Waals surface area contributed by atoms with Gasteiger partial charge in [-0.15, -0.1) is 0 Å². The Morgan fingerprint density at radius 1 is 1.07 bits per heavy atom. The smallest absolute Gasteiger partial charge is 0.418 e. The number of aromatic nitrogens is 1. The van der Waals surface area contributed by atoms with E-state index in [2.05, 4.69) is 10.3 Å². The first-order chi connectivity index (χ1) is 13.4. The van der Waals surface area contributed by atoms with E-state index in [9.17, 15) is 27.8 Å². The molecule has 0 saturated carbocycles. The fourth-order valence-electron chi connectivity index (χ4n) is 3.62. The zero-order valence-electron chi connectivity index (χ0n) is 15.9. The van der Waals surface area contributed by atoms with Gasteiger partial charge in [0.1, 0.15) is 11.6 Å². The molecule has 1 unspecified atom stereocenters. The molecule has 3 rings (SSSR count). The minimum atomic E-state index is -4.95. The molecule has 4 nitrogen and oxygen atoms in total. The predicted octanol–water partition coefficient (Wildman–Crippen LogP) is 5.09. The highest BCUT2D eigenvalue weighted by atomic mass is 19.4. The van der Waals surface area contributed by atoms with Crippen molar-refractivity contribution in [1.29, 1.82) is 0 Å². The van der Waals surface area contributed by atoms with E-state index in [1.807, 2.05) is 0 Å².